The van der Waals surface area contributed by atoms with Crippen molar-refractivity contribution in [3.63, 3.8) is 0 Å². The minimum absolute atomic E-state index is 0.197. The van der Waals surface area contributed by atoms with Crippen LogP contribution in [0.3, 0.4) is 0 Å². The van der Waals surface area contributed by atoms with Crippen LogP contribution in [0.4, 0.5) is 0 Å². The molecular formula is C6H6O4S. The normalized spacial score (nSPS) is 40.6. The molecule has 2 aliphatic rings. The van der Waals surface area contributed by atoms with Gasteiger partial charge in [-0.25, -0.2) is 0 Å². The van der Waals surface area contributed by atoms with Crippen molar-refractivity contribution in [2.45, 2.75) is 10.2 Å². The number of hydrogen-bond donors (Lipinski definition) is 2. The second-order valence-corrected chi connectivity index (χ2v) is 3.85. The van der Waals surface area contributed by atoms with Gasteiger partial charge in [-0.1, -0.05) is 11.8 Å². The van der Waals surface area contributed by atoms with E-state index in [1.54, 1.807) is 0 Å². The van der Waals surface area contributed by atoms with Crippen molar-refractivity contribution < 1.29 is 19.7 Å². The Morgan fingerprint density at radius 3 is 3.18 bits per heavy atom. The Labute approximate surface area is 66.8 Å². The third kappa shape index (κ3) is 0.779. The minimum Gasteiger partial charge on any atom is -0.502 e. The number of Topliss-reactive ketones (excluding diaryl/α,β-unsaturated/α-hetero) is 1. The van der Waals surface area contributed by atoms with Gasteiger partial charge < -0.3 is 14.9 Å². The van der Waals surface area contributed by atoms with Crippen LogP contribution < -0.4 is 0 Å². The maximum atomic E-state index is 11.0. The molecule has 2 atom stereocenters. The summed E-state index contributed by atoms with van der Waals surface area (Å²) in [6.07, 6.45) is 0.995. The fourth-order valence-electron chi connectivity index (χ4n) is 1.01. The lowest BCUT2D eigenvalue weighted by Gasteiger charge is -2.15. The molecule has 0 spiro atoms. The van der Waals surface area contributed by atoms with E-state index in [1.807, 2.05) is 0 Å². The van der Waals surface area contributed by atoms with Gasteiger partial charge in [0.05, 0.1) is 6.61 Å². The van der Waals surface area contributed by atoms with E-state index in [4.69, 9.17) is 14.9 Å². The molecule has 1 saturated heterocycles. The molecule has 0 amide bonds. The number of rotatable bonds is 1. The Kier molecular flexibility index (Phi) is 1.22. The third-order valence-corrected chi connectivity index (χ3v) is 3.18. The number of fused-ring (bicyclic) bond motifs is 1. The Bertz CT molecular complexity index is 249. The summed E-state index contributed by atoms with van der Waals surface area (Å²) in [5.41, 5.74) is 0. The highest BCUT2D eigenvalue weighted by Gasteiger charge is 2.64. The highest BCUT2D eigenvalue weighted by Crippen LogP contribution is 2.57. The van der Waals surface area contributed by atoms with Crippen molar-refractivity contribution in [3.8, 4) is 0 Å². The average Bonchev–Trinajstić information content (AvgIpc) is 2.74. The zero-order valence-electron chi connectivity index (χ0n) is 5.48. The number of hydrogen-bond acceptors (Lipinski definition) is 5. The van der Waals surface area contributed by atoms with E-state index in [0.717, 1.165) is 6.26 Å². The summed E-state index contributed by atoms with van der Waals surface area (Å²) >= 11 is 1.22. The Hall–Kier alpha value is -0.680. The fourth-order valence-corrected chi connectivity index (χ4v) is 1.99. The smallest absolute Gasteiger partial charge is 0.218 e. The van der Waals surface area contributed by atoms with Gasteiger partial charge in [-0.2, -0.15) is 0 Å². The van der Waals surface area contributed by atoms with Crippen molar-refractivity contribution in [2.75, 3.05) is 6.61 Å². The van der Waals surface area contributed by atoms with Gasteiger partial charge in [-0.05, 0) is 0 Å². The van der Waals surface area contributed by atoms with Crippen LogP contribution in [0.25, 0.3) is 0 Å². The molecule has 60 valence electrons. The average molecular weight is 174 g/mol. The predicted octanol–water partition coefficient (Wildman–Crippen LogP) is -0.211. The molecule has 2 unspecified atom stereocenters. The first-order valence-corrected chi connectivity index (χ1v) is 3.97. The molecule has 4 nitrogen and oxygen atoms in total. The Morgan fingerprint density at radius 2 is 2.55 bits per heavy atom. The van der Waals surface area contributed by atoms with E-state index < -0.39 is 10.2 Å². The van der Waals surface area contributed by atoms with E-state index in [0.29, 0.717) is 0 Å². The second-order valence-electron chi connectivity index (χ2n) is 2.45. The van der Waals surface area contributed by atoms with Crippen molar-refractivity contribution in [1.82, 2.24) is 0 Å². The zero-order valence-corrected chi connectivity index (χ0v) is 6.30. The number of allylic oxidation sites excluding steroid dienone is 1. The largest absolute Gasteiger partial charge is 0.502 e. The Morgan fingerprint density at radius 1 is 1.82 bits per heavy atom. The fraction of sp³-hybridized carbons (Fsp3) is 0.500. The first kappa shape index (κ1) is 7.00. The van der Waals surface area contributed by atoms with Crippen molar-refractivity contribution in [2.24, 2.45) is 0 Å². The molecule has 0 aromatic carbocycles. The molecule has 11 heavy (non-hydrogen) atoms. The van der Waals surface area contributed by atoms with Crippen LogP contribution in [0.2, 0.25) is 0 Å². The molecule has 5 heteroatoms. The molecule has 2 heterocycles. The summed E-state index contributed by atoms with van der Waals surface area (Å²) in [5.74, 6) is -0.709. The molecule has 0 aromatic rings. The summed E-state index contributed by atoms with van der Waals surface area (Å²) < 4.78 is 4.95. The van der Waals surface area contributed by atoms with Gasteiger partial charge in [0.1, 0.15) is 11.5 Å². The number of ketones is 1. The molecular weight excluding hydrogens is 168 g/mol. The van der Waals surface area contributed by atoms with E-state index in [2.05, 4.69) is 0 Å². The molecule has 0 aliphatic carbocycles. The molecule has 0 aromatic heterocycles. The Balaban J connectivity index is 2.25. The molecule has 2 rings (SSSR count). The van der Waals surface area contributed by atoms with E-state index in [9.17, 15) is 4.79 Å². The molecule has 2 N–H and O–H groups in total. The summed E-state index contributed by atoms with van der Waals surface area (Å²) in [4.78, 5) is 10.2. The number of ether oxygens (including phenoxy) is 1. The van der Waals surface area contributed by atoms with E-state index in [1.165, 1.54) is 11.8 Å². The lowest BCUT2D eigenvalue weighted by atomic mass is 10.1. The van der Waals surface area contributed by atoms with Crippen LogP contribution >= 0.6 is 11.8 Å². The third-order valence-electron chi connectivity index (χ3n) is 1.74. The van der Waals surface area contributed by atoms with Crippen LogP contribution in [0.1, 0.15) is 0 Å². The highest BCUT2D eigenvalue weighted by molar-refractivity contribution is 8.09. The monoisotopic (exact) mass is 174 g/mol. The molecule has 0 radical (unpaired) electrons. The number of thioether (sulfide) groups is 1. The summed E-state index contributed by atoms with van der Waals surface area (Å²) in [6, 6.07) is 0. The maximum absolute atomic E-state index is 11.0. The quantitative estimate of drug-likeness (QED) is 0.538. The van der Waals surface area contributed by atoms with Crippen molar-refractivity contribution in [1.29, 1.82) is 0 Å². The van der Waals surface area contributed by atoms with Crippen molar-refractivity contribution in [3.05, 3.63) is 12.0 Å². The van der Waals surface area contributed by atoms with E-state index >= 15 is 0 Å². The van der Waals surface area contributed by atoms with Gasteiger partial charge in [0.2, 0.25) is 5.78 Å². The highest BCUT2D eigenvalue weighted by atomic mass is 32.2. The van der Waals surface area contributed by atoms with Crippen LogP contribution in [0.5, 0.6) is 0 Å². The van der Waals surface area contributed by atoms with Gasteiger partial charge >= 0.3 is 0 Å². The lowest BCUT2D eigenvalue weighted by Crippen LogP contribution is -2.31. The zero-order chi connectivity index (χ0) is 8.06. The first-order valence-electron chi connectivity index (χ1n) is 3.09. The summed E-state index contributed by atoms with van der Waals surface area (Å²) in [7, 11) is 0. The van der Waals surface area contributed by atoms with Gasteiger partial charge in [-0.3, -0.25) is 4.79 Å². The van der Waals surface area contributed by atoms with Crippen molar-refractivity contribution >= 4 is 17.5 Å². The van der Waals surface area contributed by atoms with Crippen LogP contribution in [0.15, 0.2) is 12.0 Å². The summed E-state index contributed by atoms with van der Waals surface area (Å²) in [6.45, 7) is -0.197. The molecule has 2 aliphatic heterocycles. The van der Waals surface area contributed by atoms with Crippen LogP contribution in [-0.4, -0.2) is 32.8 Å². The molecule has 0 saturated carbocycles. The predicted molar refractivity (Wildman–Crippen MR) is 38.0 cm³/mol. The standard InChI is InChI=1S/C6H6O4S/c7-2-6-5(11-6)4(9)3(8)1-10-6/h1,5,7-8H,2H2. The van der Waals surface area contributed by atoms with Gasteiger partial charge in [-0.15, -0.1) is 0 Å². The first-order chi connectivity index (χ1) is 5.19. The lowest BCUT2D eigenvalue weighted by molar-refractivity contribution is -0.121. The van der Waals surface area contributed by atoms with Gasteiger partial charge in [0.15, 0.2) is 10.7 Å². The minimum atomic E-state index is -0.774. The number of carbonyl (C=O) groups excluding carboxylic acids is 1. The number of aliphatic hydroxyl groups excluding tert-OH is 2. The van der Waals surface area contributed by atoms with Crippen LogP contribution in [-0.2, 0) is 9.53 Å². The topological polar surface area (TPSA) is 66.8 Å². The van der Waals surface area contributed by atoms with Gasteiger partial charge in [0, 0.05) is 0 Å². The molecule has 1 fully saturated rings. The number of aliphatic hydroxyl groups is 2. The second kappa shape index (κ2) is 1.92. The SMILES string of the molecule is O=C1C(O)=COC2(CO)SC12. The van der Waals surface area contributed by atoms with Gasteiger partial charge in [0.25, 0.3) is 0 Å². The van der Waals surface area contributed by atoms with E-state index in [-0.39, 0.29) is 18.1 Å². The summed E-state index contributed by atoms with van der Waals surface area (Å²) in [5, 5.41) is 17.3. The number of carbonyl (C=O) groups is 1. The van der Waals surface area contributed by atoms with Crippen LogP contribution in [0, 0.1) is 0 Å². The maximum Gasteiger partial charge on any atom is 0.218 e. The molecule has 0 bridgehead atoms.